The maximum absolute atomic E-state index is 13.1. The summed E-state index contributed by atoms with van der Waals surface area (Å²) in [5.41, 5.74) is 11.0. The second kappa shape index (κ2) is 14.2. The van der Waals surface area contributed by atoms with Crippen LogP contribution in [-0.4, -0.2) is 55.1 Å². The van der Waals surface area contributed by atoms with Crippen molar-refractivity contribution in [1.82, 2.24) is 10.2 Å². The molecule has 2 atom stereocenters. The Morgan fingerprint density at radius 3 is 1.98 bits per heavy atom. The van der Waals surface area contributed by atoms with E-state index in [1.807, 2.05) is 33.8 Å². The number of nitrogens with two attached hydrogens (primary N) is 1. The van der Waals surface area contributed by atoms with Gasteiger partial charge >= 0.3 is 5.97 Å². The zero-order valence-corrected chi connectivity index (χ0v) is 24.8. The van der Waals surface area contributed by atoms with Crippen molar-refractivity contribution in [3.05, 3.63) is 95.6 Å². The Balaban J connectivity index is 1.43. The number of esters is 1. The largest absolute Gasteiger partial charge is 0.461 e. The van der Waals surface area contributed by atoms with Gasteiger partial charge in [0, 0.05) is 31.7 Å². The van der Waals surface area contributed by atoms with Gasteiger partial charge in [0.05, 0.1) is 23.5 Å². The summed E-state index contributed by atoms with van der Waals surface area (Å²) in [5, 5.41) is 2.88. The number of hydrogen-bond donors (Lipinski definition) is 2. The number of hydrogen-bond acceptors (Lipinski definition) is 6. The monoisotopic (exact) mass is 556 g/mol. The second-order valence-electron chi connectivity index (χ2n) is 11.3. The molecule has 1 aliphatic rings. The molecule has 7 nitrogen and oxygen atoms in total. The standard InChI is InChI=1S/C34H44N4O3/c1-5-25(4)41-34(40)30(22-24(2)3)36-33(39)28-16-17-31(29(35)23-28)37-18-20-38(21-19-37)32(26-12-8-6-9-13-26)27-14-10-7-11-15-27/h6-17,23-25,30,32H,5,18-22,35H2,1-4H3,(H,36,39). The highest BCUT2D eigenvalue weighted by molar-refractivity contribution is 5.98. The number of carbonyl (C=O) groups excluding carboxylic acids is 2. The maximum Gasteiger partial charge on any atom is 0.328 e. The average Bonchev–Trinajstić information content (AvgIpc) is 2.98. The van der Waals surface area contributed by atoms with Gasteiger partial charge in [0.1, 0.15) is 6.04 Å². The quantitative estimate of drug-likeness (QED) is 0.234. The van der Waals surface area contributed by atoms with Crippen molar-refractivity contribution in [2.45, 2.75) is 58.7 Å². The van der Waals surface area contributed by atoms with Gasteiger partial charge in [-0.2, -0.15) is 0 Å². The lowest BCUT2D eigenvalue weighted by Gasteiger charge is -2.41. The van der Waals surface area contributed by atoms with Crippen LogP contribution in [0.5, 0.6) is 0 Å². The highest BCUT2D eigenvalue weighted by atomic mass is 16.5. The van der Waals surface area contributed by atoms with Crippen molar-refractivity contribution in [2.24, 2.45) is 5.92 Å². The molecule has 0 aliphatic carbocycles. The van der Waals surface area contributed by atoms with Gasteiger partial charge in [0.25, 0.3) is 5.91 Å². The lowest BCUT2D eigenvalue weighted by atomic mass is 9.96. The molecule has 0 bridgehead atoms. The number of amides is 1. The van der Waals surface area contributed by atoms with E-state index in [9.17, 15) is 9.59 Å². The Bertz CT molecular complexity index is 1230. The number of nitrogens with one attached hydrogen (secondary N) is 1. The minimum absolute atomic E-state index is 0.189. The summed E-state index contributed by atoms with van der Waals surface area (Å²) < 4.78 is 5.51. The summed E-state index contributed by atoms with van der Waals surface area (Å²) in [5.74, 6) is -0.499. The molecule has 2 unspecified atom stereocenters. The van der Waals surface area contributed by atoms with Crippen molar-refractivity contribution < 1.29 is 14.3 Å². The molecule has 7 heteroatoms. The molecular weight excluding hydrogens is 512 g/mol. The Morgan fingerprint density at radius 1 is 0.878 bits per heavy atom. The molecule has 1 aliphatic heterocycles. The Labute approximate surface area is 244 Å². The fourth-order valence-electron chi connectivity index (χ4n) is 5.38. The van der Waals surface area contributed by atoms with E-state index in [1.165, 1.54) is 11.1 Å². The van der Waals surface area contributed by atoms with Gasteiger partial charge in [-0.1, -0.05) is 81.4 Å². The summed E-state index contributed by atoms with van der Waals surface area (Å²) in [6, 6.07) is 26.2. The second-order valence-corrected chi connectivity index (χ2v) is 11.3. The first kappa shape index (κ1) is 30.1. The van der Waals surface area contributed by atoms with E-state index in [1.54, 1.807) is 12.1 Å². The average molecular weight is 557 g/mol. The molecule has 1 heterocycles. The third-order valence-electron chi connectivity index (χ3n) is 7.73. The number of piperazine rings is 1. The van der Waals surface area contributed by atoms with Crippen LogP contribution in [0.25, 0.3) is 0 Å². The molecule has 0 radical (unpaired) electrons. The van der Waals surface area contributed by atoms with Crippen LogP contribution in [0.3, 0.4) is 0 Å². The van der Waals surface area contributed by atoms with Gasteiger partial charge in [-0.3, -0.25) is 9.69 Å². The highest BCUT2D eigenvalue weighted by Crippen LogP contribution is 2.32. The zero-order valence-electron chi connectivity index (χ0n) is 24.8. The summed E-state index contributed by atoms with van der Waals surface area (Å²) in [4.78, 5) is 30.7. The van der Waals surface area contributed by atoms with E-state index in [0.717, 1.165) is 38.3 Å². The van der Waals surface area contributed by atoms with E-state index in [2.05, 4.69) is 75.8 Å². The summed E-state index contributed by atoms with van der Waals surface area (Å²) >= 11 is 0. The zero-order chi connectivity index (χ0) is 29.4. The van der Waals surface area contributed by atoms with E-state index in [-0.39, 0.29) is 24.0 Å². The Kier molecular flexibility index (Phi) is 10.4. The smallest absolute Gasteiger partial charge is 0.328 e. The Hall–Kier alpha value is -3.84. The van der Waals surface area contributed by atoms with Gasteiger partial charge < -0.3 is 20.7 Å². The summed E-state index contributed by atoms with van der Waals surface area (Å²) in [6.45, 7) is 11.3. The maximum atomic E-state index is 13.1. The Morgan fingerprint density at radius 2 is 1.46 bits per heavy atom. The molecule has 41 heavy (non-hydrogen) atoms. The van der Waals surface area contributed by atoms with Crippen LogP contribution in [0.4, 0.5) is 11.4 Å². The third kappa shape index (κ3) is 7.88. The molecular formula is C34H44N4O3. The van der Waals surface area contributed by atoms with Gasteiger partial charge in [-0.15, -0.1) is 0 Å². The third-order valence-corrected chi connectivity index (χ3v) is 7.73. The van der Waals surface area contributed by atoms with Crippen molar-refractivity contribution in [1.29, 1.82) is 0 Å². The van der Waals surface area contributed by atoms with Crippen LogP contribution in [0.15, 0.2) is 78.9 Å². The summed E-state index contributed by atoms with van der Waals surface area (Å²) in [6.07, 6.45) is 1.03. The van der Waals surface area contributed by atoms with Crippen LogP contribution >= 0.6 is 0 Å². The number of nitrogens with zero attached hydrogens (tertiary/aromatic N) is 2. The first-order valence-corrected chi connectivity index (χ1v) is 14.8. The minimum Gasteiger partial charge on any atom is -0.461 e. The lowest BCUT2D eigenvalue weighted by Crippen LogP contribution is -2.48. The van der Waals surface area contributed by atoms with Crippen molar-refractivity contribution >= 4 is 23.3 Å². The predicted molar refractivity (Wildman–Crippen MR) is 166 cm³/mol. The minimum atomic E-state index is -0.701. The molecule has 3 aromatic rings. The number of carbonyl (C=O) groups is 2. The number of anilines is 2. The summed E-state index contributed by atoms with van der Waals surface area (Å²) in [7, 11) is 0. The molecule has 0 aromatic heterocycles. The highest BCUT2D eigenvalue weighted by Gasteiger charge is 2.28. The predicted octanol–water partition coefficient (Wildman–Crippen LogP) is 5.67. The molecule has 0 spiro atoms. The normalized spacial score (nSPS) is 15.5. The van der Waals surface area contributed by atoms with E-state index < -0.39 is 12.0 Å². The molecule has 218 valence electrons. The number of benzene rings is 3. The molecule has 3 N–H and O–H groups in total. The van der Waals surface area contributed by atoms with Gasteiger partial charge in [-0.05, 0) is 55.0 Å². The van der Waals surface area contributed by atoms with Crippen LogP contribution in [-0.2, 0) is 9.53 Å². The van der Waals surface area contributed by atoms with E-state index >= 15 is 0 Å². The van der Waals surface area contributed by atoms with E-state index in [4.69, 9.17) is 10.5 Å². The van der Waals surface area contributed by atoms with Crippen molar-refractivity contribution in [3.63, 3.8) is 0 Å². The van der Waals surface area contributed by atoms with Crippen LogP contribution < -0.4 is 16.0 Å². The number of nitrogen functional groups attached to an aromatic ring is 1. The lowest BCUT2D eigenvalue weighted by molar-refractivity contribution is -0.151. The number of ether oxygens (including phenoxy) is 1. The van der Waals surface area contributed by atoms with Gasteiger partial charge in [0.2, 0.25) is 0 Å². The van der Waals surface area contributed by atoms with Gasteiger partial charge in [-0.25, -0.2) is 4.79 Å². The topological polar surface area (TPSA) is 87.9 Å². The van der Waals surface area contributed by atoms with E-state index in [0.29, 0.717) is 17.7 Å². The fourth-order valence-corrected chi connectivity index (χ4v) is 5.38. The van der Waals surface area contributed by atoms with Crippen molar-refractivity contribution in [2.75, 3.05) is 36.8 Å². The molecule has 3 aromatic carbocycles. The van der Waals surface area contributed by atoms with Crippen LogP contribution in [0.2, 0.25) is 0 Å². The van der Waals surface area contributed by atoms with Crippen molar-refractivity contribution in [3.8, 4) is 0 Å². The van der Waals surface area contributed by atoms with Crippen LogP contribution in [0.1, 0.15) is 68.1 Å². The molecule has 0 saturated carbocycles. The van der Waals surface area contributed by atoms with Crippen LogP contribution in [0, 0.1) is 5.92 Å². The molecule has 1 fully saturated rings. The first-order chi connectivity index (χ1) is 19.8. The number of rotatable bonds is 11. The van der Waals surface area contributed by atoms with Gasteiger partial charge in [0.15, 0.2) is 0 Å². The molecule has 1 saturated heterocycles. The molecule has 4 rings (SSSR count). The SMILES string of the molecule is CCC(C)OC(=O)C(CC(C)C)NC(=O)c1ccc(N2CCN(C(c3ccccc3)c3ccccc3)CC2)c(N)c1. The fraction of sp³-hybridized carbons (Fsp3) is 0.412. The molecule has 1 amide bonds. The first-order valence-electron chi connectivity index (χ1n) is 14.8.